The molecule has 0 aliphatic carbocycles. The number of sulfone groups is 1. The molecular formula is C20H18O6S. The van der Waals surface area contributed by atoms with Crippen LogP contribution in [0.25, 0.3) is 0 Å². The number of aromatic carboxylic acids is 2. The van der Waals surface area contributed by atoms with Gasteiger partial charge in [0.1, 0.15) is 0 Å². The molecule has 0 bridgehead atoms. The molecule has 0 fully saturated rings. The minimum atomic E-state index is -3.96. The van der Waals surface area contributed by atoms with Gasteiger partial charge in [0.15, 0.2) is 0 Å². The zero-order valence-corrected chi connectivity index (χ0v) is 15.2. The number of carboxylic acid groups (broad SMARTS) is 2. The van der Waals surface area contributed by atoms with Gasteiger partial charge in [-0.1, -0.05) is 12.2 Å². The van der Waals surface area contributed by atoms with Crippen LogP contribution in [-0.2, 0) is 22.7 Å². The maximum Gasteiger partial charge on any atom is 0.335 e. The average Bonchev–Trinajstić information content (AvgIpc) is 2.61. The Morgan fingerprint density at radius 3 is 1.48 bits per heavy atom. The Labute approximate surface area is 157 Å². The third kappa shape index (κ3) is 4.15. The summed E-state index contributed by atoms with van der Waals surface area (Å²) in [4.78, 5) is 22.4. The van der Waals surface area contributed by atoms with E-state index in [1.807, 2.05) is 0 Å². The highest BCUT2D eigenvalue weighted by molar-refractivity contribution is 7.91. The second-order valence-electron chi connectivity index (χ2n) is 5.74. The molecule has 7 heteroatoms. The fraction of sp³-hybridized carbons (Fsp3) is 0.100. The molecule has 0 heterocycles. The number of benzene rings is 2. The number of hydrogen-bond donors (Lipinski definition) is 2. The SMILES string of the molecule is C=CCc1cc(S(=O)(=O)c2ccc(C(=O)O)c(CC=C)c2)ccc1C(=O)O. The molecule has 6 nitrogen and oxygen atoms in total. The van der Waals surface area contributed by atoms with E-state index >= 15 is 0 Å². The van der Waals surface area contributed by atoms with Crippen LogP contribution >= 0.6 is 0 Å². The first kappa shape index (κ1) is 20.1. The molecule has 2 rings (SSSR count). The largest absolute Gasteiger partial charge is 0.478 e. The van der Waals surface area contributed by atoms with Gasteiger partial charge in [-0.15, -0.1) is 13.2 Å². The van der Waals surface area contributed by atoms with Crippen LogP contribution < -0.4 is 0 Å². The Hall–Kier alpha value is -3.19. The zero-order valence-electron chi connectivity index (χ0n) is 14.4. The first-order valence-corrected chi connectivity index (χ1v) is 9.40. The fourth-order valence-electron chi connectivity index (χ4n) is 2.68. The van der Waals surface area contributed by atoms with Crippen LogP contribution in [0.3, 0.4) is 0 Å². The summed E-state index contributed by atoms with van der Waals surface area (Å²) in [5, 5.41) is 18.5. The summed E-state index contributed by atoms with van der Waals surface area (Å²) < 4.78 is 25.9. The van der Waals surface area contributed by atoms with Gasteiger partial charge in [0.05, 0.1) is 20.9 Å². The highest BCUT2D eigenvalue weighted by atomic mass is 32.2. The van der Waals surface area contributed by atoms with Gasteiger partial charge in [-0.25, -0.2) is 18.0 Å². The van der Waals surface area contributed by atoms with Crippen molar-refractivity contribution in [3.8, 4) is 0 Å². The third-order valence-electron chi connectivity index (χ3n) is 3.96. The van der Waals surface area contributed by atoms with Crippen molar-refractivity contribution in [2.24, 2.45) is 0 Å². The minimum Gasteiger partial charge on any atom is -0.478 e. The molecule has 2 N–H and O–H groups in total. The van der Waals surface area contributed by atoms with Crippen LogP contribution in [0.5, 0.6) is 0 Å². The van der Waals surface area contributed by atoms with Crippen molar-refractivity contribution < 1.29 is 28.2 Å². The molecule has 0 saturated heterocycles. The van der Waals surface area contributed by atoms with E-state index in [-0.39, 0.29) is 33.8 Å². The van der Waals surface area contributed by atoms with Gasteiger partial charge in [0.2, 0.25) is 9.84 Å². The predicted octanol–water partition coefficient (Wildman–Crippen LogP) is 3.37. The molecule has 0 saturated carbocycles. The lowest BCUT2D eigenvalue weighted by molar-refractivity contribution is 0.0685. The molecule has 0 unspecified atom stereocenters. The van der Waals surface area contributed by atoms with E-state index in [0.717, 1.165) is 0 Å². The summed E-state index contributed by atoms with van der Waals surface area (Å²) in [6, 6.07) is 7.54. The normalized spacial score (nSPS) is 11.0. The van der Waals surface area contributed by atoms with Gasteiger partial charge in [-0.3, -0.25) is 0 Å². The zero-order chi connectivity index (χ0) is 20.2. The number of rotatable bonds is 8. The maximum absolute atomic E-state index is 13.0. The molecule has 0 aromatic heterocycles. The van der Waals surface area contributed by atoms with Gasteiger partial charge in [-0.05, 0) is 60.4 Å². The average molecular weight is 386 g/mol. The van der Waals surface area contributed by atoms with Crippen molar-refractivity contribution in [1.29, 1.82) is 0 Å². The first-order valence-electron chi connectivity index (χ1n) is 7.91. The molecule has 140 valence electrons. The summed E-state index contributed by atoms with van der Waals surface area (Å²) >= 11 is 0. The summed E-state index contributed by atoms with van der Waals surface area (Å²) in [6.07, 6.45) is 3.37. The van der Waals surface area contributed by atoms with Crippen molar-refractivity contribution in [3.63, 3.8) is 0 Å². The van der Waals surface area contributed by atoms with Crippen molar-refractivity contribution in [3.05, 3.63) is 84.0 Å². The van der Waals surface area contributed by atoms with E-state index in [1.54, 1.807) is 0 Å². The Morgan fingerprint density at radius 2 is 1.19 bits per heavy atom. The maximum atomic E-state index is 13.0. The van der Waals surface area contributed by atoms with Gasteiger partial charge in [0, 0.05) is 0 Å². The Bertz CT molecular complexity index is 957. The van der Waals surface area contributed by atoms with Crippen LogP contribution in [0.15, 0.2) is 71.5 Å². The Kier molecular flexibility index (Phi) is 5.97. The van der Waals surface area contributed by atoms with Gasteiger partial charge < -0.3 is 10.2 Å². The molecular weight excluding hydrogens is 368 g/mol. The Balaban J connectivity index is 2.61. The molecule has 0 aliphatic heterocycles. The predicted molar refractivity (Wildman–Crippen MR) is 100 cm³/mol. The third-order valence-corrected chi connectivity index (χ3v) is 5.71. The standard InChI is InChI=1S/C20H18O6S/c1-3-5-13-11-15(7-9-17(13)19(21)22)27(25,26)16-8-10-18(20(23)24)14(12-16)6-4-2/h3-4,7-12H,1-2,5-6H2,(H,21,22)(H,23,24). The molecule has 0 atom stereocenters. The van der Waals surface area contributed by atoms with Crippen molar-refractivity contribution in [2.45, 2.75) is 22.6 Å². The van der Waals surface area contributed by atoms with Crippen LogP contribution in [-0.4, -0.2) is 30.6 Å². The lowest BCUT2D eigenvalue weighted by Crippen LogP contribution is -2.09. The van der Waals surface area contributed by atoms with Crippen molar-refractivity contribution in [2.75, 3.05) is 0 Å². The number of carboxylic acids is 2. The van der Waals surface area contributed by atoms with E-state index in [9.17, 15) is 28.2 Å². The smallest absolute Gasteiger partial charge is 0.335 e. The highest BCUT2D eigenvalue weighted by Crippen LogP contribution is 2.26. The molecule has 2 aromatic rings. The van der Waals surface area contributed by atoms with E-state index in [4.69, 9.17) is 0 Å². The van der Waals surface area contributed by atoms with Gasteiger partial charge in [-0.2, -0.15) is 0 Å². The molecule has 0 spiro atoms. The molecule has 2 aromatic carbocycles. The van der Waals surface area contributed by atoms with E-state index < -0.39 is 21.8 Å². The second kappa shape index (κ2) is 8.01. The van der Waals surface area contributed by atoms with Crippen molar-refractivity contribution >= 4 is 21.8 Å². The van der Waals surface area contributed by atoms with Gasteiger partial charge >= 0.3 is 11.9 Å². The lowest BCUT2D eigenvalue weighted by atomic mass is 10.0. The quantitative estimate of drug-likeness (QED) is 0.673. The molecule has 0 aliphatic rings. The first-order chi connectivity index (χ1) is 12.7. The Morgan fingerprint density at radius 1 is 0.815 bits per heavy atom. The molecule has 27 heavy (non-hydrogen) atoms. The van der Waals surface area contributed by atoms with Crippen molar-refractivity contribution in [1.82, 2.24) is 0 Å². The highest BCUT2D eigenvalue weighted by Gasteiger charge is 2.22. The summed E-state index contributed by atoms with van der Waals surface area (Å²) in [6.45, 7) is 7.11. The lowest BCUT2D eigenvalue weighted by Gasteiger charge is -2.11. The number of hydrogen-bond acceptors (Lipinski definition) is 4. The second-order valence-corrected chi connectivity index (χ2v) is 7.69. The van der Waals surface area contributed by atoms with E-state index in [1.165, 1.54) is 48.6 Å². The number of allylic oxidation sites excluding steroid dienone is 2. The van der Waals surface area contributed by atoms with Gasteiger partial charge in [0.25, 0.3) is 0 Å². The summed E-state index contributed by atoms with van der Waals surface area (Å²) in [7, 11) is -3.96. The monoisotopic (exact) mass is 386 g/mol. The summed E-state index contributed by atoms with van der Waals surface area (Å²) in [5.41, 5.74) is 0.656. The minimum absolute atomic E-state index is 0.00224. The fourth-order valence-corrected chi connectivity index (χ4v) is 4.04. The summed E-state index contributed by atoms with van der Waals surface area (Å²) in [5.74, 6) is -2.32. The topological polar surface area (TPSA) is 109 Å². The van der Waals surface area contributed by atoms with Crippen LogP contribution in [0.4, 0.5) is 0 Å². The molecule has 0 amide bonds. The van der Waals surface area contributed by atoms with E-state index in [2.05, 4.69) is 13.2 Å². The van der Waals surface area contributed by atoms with Crippen LogP contribution in [0, 0.1) is 0 Å². The van der Waals surface area contributed by atoms with E-state index in [0.29, 0.717) is 11.1 Å². The van der Waals surface area contributed by atoms with Crippen LogP contribution in [0.1, 0.15) is 31.8 Å². The molecule has 0 radical (unpaired) electrons. The number of carbonyl (C=O) groups is 2. The van der Waals surface area contributed by atoms with Crippen LogP contribution in [0.2, 0.25) is 0 Å².